The highest BCUT2D eigenvalue weighted by Gasteiger charge is 2.12. The SMILES string of the molecule is Bc1cnn2c(NCCc3cccnc3)cc(-c3ccccc3Cl)nc12. The third kappa shape index (κ3) is 3.28. The van der Waals surface area contributed by atoms with Crippen molar-refractivity contribution in [2.75, 3.05) is 11.9 Å². The van der Waals surface area contributed by atoms with E-state index in [0.29, 0.717) is 5.02 Å². The Labute approximate surface area is 157 Å². The van der Waals surface area contributed by atoms with Gasteiger partial charge in [-0.3, -0.25) is 4.98 Å². The van der Waals surface area contributed by atoms with Gasteiger partial charge in [-0.2, -0.15) is 9.61 Å². The molecule has 1 N–H and O–H groups in total. The first kappa shape index (κ1) is 16.6. The zero-order valence-electron chi connectivity index (χ0n) is 14.4. The summed E-state index contributed by atoms with van der Waals surface area (Å²) in [7, 11) is 2.01. The Morgan fingerprint density at radius 2 is 2.00 bits per heavy atom. The summed E-state index contributed by atoms with van der Waals surface area (Å²) in [5.41, 5.74) is 4.77. The third-order valence-electron chi connectivity index (χ3n) is 4.24. The van der Waals surface area contributed by atoms with Gasteiger partial charge in [0.1, 0.15) is 13.7 Å². The molecular weight excluding hydrogens is 345 g/mol. The van der Waals surface area contributed by atoms with Crippen molar-refractivity contribution < 1.29 is 0 Å². The van der Waals surface area contributed by atoms with Crippen molar-refractivity contribution in [1.29, 1.82) is 0 Å². The van der Waals surface area contributed by atoms with E-state index < -0.39 is 0 Å². The fourth-order valence-electron chi connectivity index (χ4n) is 2.89. The van der Waals surface area contributed by atoms with Crippen LogP contribution in [0.5, 0.6) is 0 Å². The number of pyridine rings is 1. The van der Waals surface area contributed by atoms with Gasteiger partial charge < -0.3 is 5.32 Å². The number of benzene rings is 1. The van der Waals surface area contributed by atoms with Crippen LogP contribution in [0.2, 0.25) is 5.02 Å². The molecule has 5 nitrogen and oxygen atoms in total. The van der Waals surface area contributed by atoms with Crippen LogP contribution in [0.15, 0.2) is 61.1 Å². The van der Waals surface area contributed by atoms with E-state index in [0.717, 1.165) is 41.2 Å². The van der Waals surface area contributed by atoms with Crippen LogP contribution < -0.4 is 10.8 Å². The molecule has 0 unspecified atom stereocenters. The highest BCUT2D eigenvalue weighted by molar-refractivity contribution is 6.36. The molecule has 0 aliphatic carbocycles. The van der Waals surface area contributed by atoms with E-state index in [4.69, 9.17) is 16.6 Å². The minimum absolute atomic E-state index is 0.683. The minimum atomic E-state index is 0.683. The second kappa shape index (κ2) is 7.18. The van der Waals surface area contributed by atoms with Gasteiger partial charge in [0.25, 0.3) is 0 Å². The average molecular weight is 362 g/mol. The summed E-state index contributed by atoms with van der Waals surface area (Å²) in [5.74, 6) is 0.891. The summed E-state index contributed by atoms with van der Waals surface area (Å²) in [4.78, 5) is 8.92. The molecule has 1 aromatic carbocycles. The van der Waals surface area contributed by atoms with E-state index in [1.165, 1.54) is 5.56 Å². The first-order valence-corrected chi connectivity index (χ1v) is 8.83. The van der Waals surface area contributed by atoms with E-state index in [1.54, 1.807) is 6.20 Å². The maximum atomic E-state index is 6.37. The smallest absolute Gasteiger partial charge is 0.151 e. The van der Waals surface area contributed by atoms with Crippen molar-refractivity contribution in [2.45, 2.75) is 6.42 Å². The number of halogens is 1. The lowest BCUT2D eigenvalue weighted by Gasteiger charge is -2.12. The van der Waals surface area contributed by atoms with Gasteiger partial charge in [0, 0.05) is 41.8 Å². The Bertz CT molecular complexity index is 1050. The van der Waals surface area contributed by atoms with E-state index in [9.17, 15) is 0 Å². The molecule has 3 aromatic heterocycles. The molecule has 0 spiro atoms. The fraction of sp³-hybridized carbons (Fsp3) is 0.105. The average Bonchev–Trinajstić information content (AvgIpc) is 3.04. The van der Waals surface area contributed by atoms with Gasteiger partial charge in [0.2, 0.25) is 0 Å². The largest absolute Gasteiger partial charge is 0.370 e. The van der Waals surface area contributed by atoms with Crippen LogP contribution in [0.1, 0.15) is 5.56 Å². The molecule has 0 aliphatic heterocycles. The van der Waals surface area contributed by atoms with Crippen LogP contribution in [0.25, 0.3) is 16.9 Å². The highest BCUT2D eigenvalue weighted by Crippen LogP contribution is 2.28. The standard InChI is InChI=1S/C19H17BClN5/c20-15-12-24-26-18(23-9-7-13-4-3-8-22-11-13)10-17(25-19(15)26)14-5-1-2-6-16(14)21/h1-6,8,10-12,23H,7,9,20H2. The molecule has 26 heavy (non-hydrogen) atoms. The molecule has 0 fully saturated rings. The number of nitrogens with zero attached hydrogens (tertiary/aromatic N) is 4. The number of fused-ring (bicyclic) bond motifs is 1. The van der Waals surface area contributed by atoms with Gasteiger partial charge in [-0.1, -0.05) is 35.9 Å². The number of anilines is 1. The Morgan fingerprint density at radius 1 is 1.12 bits per heavy atom. The molecule has 0 saturated carbocycles. The number of aromatic nitrogens is 4. The van der Waals surface area contributed by atoms with Crippen LogP contribution >= 0.6 is 11.6 Å². The Kier molecular flexibility index (Phi) is 4.58. The third-order valence-corrected chi connectivity index (χ3v) is 4.57. The van der Waals surface area contributed by atoms with Gasteiger partial charge >= 0.3 is 0 Å². The van der Waals surface area contributed by atoms with Gasteiger partial charge in [0.05, 0.1) is 5.69 Å². The van der Waals surface area contributed by atoms with Crippen molar-refractivity contribution in [3.63, 3.8) is 0 Å². The molecule has 128 valence electrons. The lowest BCUT2D eigenvalue weighted by Crippen LogP contribution is -2.12. The lowest BCUT2D eigenvalue weighted by molar-refractivity contribution is 0.912. The maximum absolute atomic E-state index is 6.37. The van der Waals surface area contributed by atoms with Gasteiger partial charge in [0.15, 0.2) is 5.65 Å². The molecule has 7 heteroatoms. The molecule has 3 heterocycles. The summed E-state index contributed by atoms with van der Waals surface area (Å²) in [6.07, 6.45) is 6.37. The Hall–Kier alpha value is -2.86. The van der Waals surface area contributed by atoms with Crippen molar-refractivity contribution in [2.24, 2.45) is 0 Å². The van der Waals surface area contributed by atoms with Crippen molar-refractivity contribution in [3.05, 3.63) is 71.6 Å². The van der Waals surface area contributed by atoms with Crippen LogP contribution in [-0.2, 0) is 6.42 Å². The molecule has 0 aliphatic rings. The van der Waals surface area contributed by atoms with Gasteiger partial charge in [-0.05, 0) is 29.6 Å². The molecule has 0 radical (unpaired) electrons. The summed E-state index contributed by atoms with van der Waals surface area (Å²) in [5, 5.41) is 8.60. The van der Waals surface area contributed by atoms with E-state index in [2.05, 4.69) is 21.5 Å². The Balaban J connectivity index is 1.68. The summed E-state index contributed by atoms with van der Waals surface area (Å²) in [6.45, 7) is 0.770. The zero-order chi connectivity index (χ0) is 17.9. The first-order valence-electron chi connectivity index (χ1n) is 8.45. The predicted octanol–water partition coefficient (Wildman–Crippen LogP) is 2.36. The number of rotatable bonds is 5. The molecule has 0 bridgehead atoms. The predicted molar refractivity (Wildman–Crippen MR) is 108 cm³/mol. The lowest BCUT2D eigenvalue weighted by atomic mass is 10.0. The van der Waals surface area contributed by atoms with Gasteiger partial charge in [-0.25, -0.2) is 4.98 Å². The number of hydrogen-bond donors (Lipinski definition) is 1. The van der Waals surface area contributed by atoms with Crippen molar-refractivity contribution in [3.8, 4) is 11.3 Å². The molecule has 4 rings (SSSR count). The molecule has 4 aromatic rings. The fourth-order valence-corrected chi connectivity index (χ4v) is 3.12. The minimum Gasteiger partial charge on any atom is -0.370 e. The van der Waals surface area contributed by atoms with E-state index in [1.807, 2.05) is 61.2 Å². The van der Waals surface area contributed by atoms with Gasteiger partial charge in [-0.15, -0.1) is 0 Å². The van der Waals surface area contributed by atoms with E-state index in [-0.39, 0.29) is 0 Å². The first-order chi connectivity index (χ1) is 12.7. The monoisotopic (exact) mass is 361 g/mol. The normalized spacial score (nSPS) is 11.0. The second-order valence-corrected chi connectivity index (χ2v) is 6.51. The summed E-state index contributed by atoms with van der Waals surface area (Å²) >= 11 is 6.37. The van der Waals surface area contributed by atoms with E-state index >= 15 is 0 Å². The zero-order valence-corrected chi connectivity index (χ0v) is 15.1. The maximum Gasteiger partial charge on any atom is 0.151 e. The Morgan fingerprint density at radius 3 is 2.81 bits per heavy atom. The van der Waals surface area contributed by atoms with Crippen LogP contribution in [-0.4, -0.2) is 34.0 Å². The quantitative estimate of drug-likeness (QED) is 0.555. The number of hydrogen-bond acceptors (Lipinski definition) is 4. The highest BCUT2D eigenvalue weighted by atomic mass is 35.5. The van der Waals surface area contributed by atoms with Crippen LogP contribution in [0, 0.1) is 0 Å². The van der Waals surface area contributed by atoms with Crippen LogP contribution in [0.4, 0.5) is 5.82 Å². The van der Waals surface area contributed by atoms with Crippen LogP contribution in [0.3, 0.4) is 0 Å². The number of nitrogens with one attached hydrogen (secondary N) is 1. The topological polar surface area (TPSA) is 55.1 Å². The molecule has 0 amide bonds. The molecular formula is C19H17BClN5. The van der Waals surface area contributed by atoms with Crippen molar-refractivity contribution >= 4 is 36.4 Å². The van der Waals surface area contributed by atoms with Crippen molar-refractivity contribution in [1.82, 2.24) is 19.6 Å². The summed E-state index contributed by atoms with van der Waals surface area (Å²) < 4.78 is 1.83. The molecule has 0 atom stereocenters. The molecule has 0 saturated heterocycles. The summed E-state index contributed by atoms with van der Waals surface area (Å²) in [6, 6.07) is 13.8. The second-order valence-electron chi connectivity index (χ2n) is 6.11.